The van der Waals surface area contributed by atoms with E-state index in [4.69, 9.17) is 5.11 Å². The molecular formula is C8H10FNO3. The quantitative estimate of drug-likeness (QED) is 0.630. The van der Waals surface area contributed by atoms with Crippen LogP contribution in [0, 0.1) is 5.92 Å². The van der Waals surface area contributed by atoms with E-state index in [1.165, 1.54) is 6.92 Å². The Balaban J connectivity index is 2.26. The molecule has 0 aromatic carbocycles. The van der Waals surface area contributed by atoms with Crippen molar-refractivity contribution in [3.05, 3.63) is 0 Å². The van der Waals surface area contributed by atoms with Crippen molar-refractivity contribution in [3.8, 4) is 0 Å². The number of carbonyl (C=O) groups excluding carboxylic acids is 1. The third kappa shape index (κ3) is 0.897. The van der Waals surface area contributed by atoms with Gasteiger partial charge in [-0.2, -0.15) is 0 Å². The molecule has 1 aliphatic carbocycles. The number of alkyl halides is 1. The van der Waals surface area contributed by atoms with Crippen LogP contribution in [0.15, 0.2) is 0 Å². The number of rotatable bonds is 1. The predicted octanol–water partition coefficient (Wildman–Crippen LogP) is 0.0283. The van der Waals surface area contributed by atoms with Crippen LogP contribution in [0.25, 0.3) is 0 Å². The Bertz CT molecular complexity index is 255. The fraction of sp³-hybridized carbons (Fsp3) is 0.750. The van der Waals surface area contributed by atoms with E-state index in [0.29, 0.717) is 6.42 Å². The number of hydrogen-bond acceptors (Lipinski definition) is 2. The number of carboxylic acids is 1. The van der Waals surface area contributed by atoms with E-state index in [1.54, 1.807) is 0 Å². The van der Waals surface area contributed by atoms with Crippen molar-refractivity contribution in [1.29, 1.82) is 0 Å². The highest BCUT2D eigenvalue weighted by Gasteiger charge is 2.62. The van der Waals surface area contributed by atoms with E-state index in [-0.39, 0.29) is 5.91 Å². The molecule has 1 amide bonds. The summed E-state index contributed by atoms with van der Waals surface area (Å²) in [7, 11) is 0. The number of halogens is 1. The number of carbonyl (C=O) groups is 2. The molecule has 3 fully saturated rings. The van der Waals surface area contributed by atoms with Gasteiger partial charge >= 0.3 is 5.97 Å². The monoisotopic (exact) mass is 187 g/mol. The van der Waals surface area contributed by atoms with Gasteiger partial charge in [0, 0.05) is 12.8 Å². The molecule has 0 aromatic heterocycles. The topological polar surface area (TPSA) is 57.6 Å². The van der Waals surface area contributed by atoms with Gasteiger partial charge in [-0.05, 0) is 6.42 Å². The first-order valence-corrected chi connectivity index (χ1v) is 4.20. The third-order valence-electron chi connectivity index (χ3n) is 2.97. The molecule has 3 unspecified atom stereocenters. The highest BCUT2D eigenvalue weighted by molar-refractivity contribution is 5.85. The van der Waals surface area contributed by atoms with Crippen LogP contribution < -0.4 is 0 Å². The lowest BCUT2D eigenvalue weighted by atomic mass is 9.81. The summed E-state index contributed by atoms with van der Waals surface area (Å²) in [5.41, 5.74) is 0. The van der Waals surface area contributed by atoms with Gasteiger partial charge in [0.15, 0.2) is 0 Å². The molecule has 0 spiro atoms. The number of aliphatic carboxylic acids is 1. The summed E-state index contributed by atoms with van der Waals surface area (Å²) in [5, 5.41) is 8.79. The van der Waals surface area contributed by atoms with E-state index in [0.717, 1.165) is 4.90 Å². The second-order valence-electron chi connectivity index (χ2n) is 3.62. The smallest absolute Gasteiger partial charge is 0.326 e. The lowest BCUT2D eigenvalue weighted by Crippen LogP contribution is -2.42. The van der Waals surface area contributed by atoms with Crippen LogP contribution >= 0.6 is 0 Å². The molecule has 0 aromatic rings. The molecule has 4 nitrogen and oxygen atoms in total. The van der Waals surface area contributed by atoms with Crippen molar-refractivity contribution < 1.29 is 19.1 Å². The van der Waals surface area contributed by atoms with E-state index in [1.807, 2.05) is 0 Å². The molecule has 1 N–H and O–H groups in total. The Morgan fingerprint density at radius 3 is 2.46 bits per heavy atom. The normalized spacial score (nSPS) is 41.5. The molecule has 1 saturated carbocycles. The van der Waals surface area contributed by atoms with Crippen molar-refractivity contribution in [2.45, 2.75) is 31.6 Å². The molecule has 3 aliphatic rings. The van der Waals surface area contributed by atoms with E-state index < -0.39 is 30.1 Å². The van der Waals surface area contributed by atoms with Crippen LogP contribution in [-0.2, 0) is 9.59 Å². The van der Waals surface area contributed by atoms with Gasteiger partial charge in [-0.3, -0.25) is 4.79 Å². The van der Waals surface area contributed by atoms with Crippen LogP contribution in [0.1, 0.15) is 13.3 Å². The summed E-state index contributed by atoms with van der Waals surface area (Å²) in [6.45, 7) is 1.28. The van der Waals surface area contributed by atoms with Crippen molar-refractivity contribution in [2.24, 2.45) is 5.92 Å². The average molecular weight is 187 g/mol. The summed E-state index contributed by atoms with van der Waals surface area (Å²) in [4.78, 5) is 22.9. The molecule has 72 valence electrons. The fourth-order valence-corrected chi connectivity index (χ4v) is 2.34. The maximum absolute atomic E-state index is 13.1. The van der Waals surface area contributed by atoms with E-state index in [9.17, 15) is 14.0 Å². The van der Waals surface area contributed by atoms with Crippen LogP contribution in [0.2, 0.25) is 0 Å². The van der Waals surface area contributed by atoms with E-state index in [2.05, 4.69) is 0 Å². The van der Waals surface area contributed by atoms with Crippen LogP contribution in [0.4, 0.5) is 4.39 Å². The molecular weight excluding hydrogens is 177 g/mol. The van der Waals surface area contributed by atoms with Crippen molar-refractivity contribution in [2.75, 3.05) is 0 Å². The minimum Gasteiger partial charge on any atom is -0.480 e. The van der Waals surface area contributed by atoms with Gasteiger partial charge in [-0.15, -0.1) is 0 Å². The molecule has 4 atom stereocenters. The molecule has 3 rings (SSSR count). The number of nitrogens with zero attached hydrogens (tertiary/aromatic N) is 1. The van der Waals surface area contributed by atoms with Gasteiger partial charge in [-0.25, -0.2) is 9.18 Å². The van der Waals surface area contributed by atoms with Crippen molar-refractivity contribution in [3.63, 3.8) is 0 Å². The number of carboxylic acid groups (broad SMARTS) is 1. The van der Waals surface area contributed by atoms with Gasteiger partial charge in [0.2, 0.25) is 5.91 Å². The summed E-state index contributed by atoms with van der Waals surface area (Å²) in [6, 6.07) is -1.42. The minimum atomic E-state index is -1.13. The number of hydrogen-bond donors (Lipinski definition) is 1. The SMILES string of the molecule is CC(=O)N1C2CC(C2F)[C@H]1C(=O)O. The number of fused-ring (bicyclic) bond motifs is 1. The van der Waals surface area contributed by atoms with Crippen LogP contribution in [-0.4, -0.2) is 40.1 Å². The maximum Gasteiger partial charge on any atom is 0.326 e. The molecule has 2 aliphatic heterocycles. The largest absolute Gasteiger partial charge is 0.480 e. The zero-order valence-electron chi connectivity index (χ0n) is 7.11. The molecule has 13 heavy (non-hydrogen) atoms. The van der Waals surface area contributed by atoms with Crippen LogP contribution in [0.5, 0.6) is 0 Å². The van der Waals surface area contributed by atoms with Gasteiger partial charge in [0.25, 0.3) is 0 Å². The summed E-state index contributed by atoms with van der Waals surface area (Å²) in [5.74, 6) is -1.92. The number of amides is 1. The maximum atomic E-state index is 13.1. The Labute approximate surface area is 74.3 Å². The van der Waals surface area contributed by atoms with Gasteiger partial charge in [0.1, 0.15) is 12.2 Å². The zero-order chi connectivity index (χ0) is 9.75. The minimum absolute atomic E-state index is 0.347. The molecule has 2 bridgehead atoms. The fourth-order valence-electron chi connectivity index (χ4n) is 2.34. The zero-order valence-corrected chi connectivity index (χ0v) is 7.11. The standard InChI is InChI=1S/C8H10FNO3/c1-3(11)10-5-2-4(6(5)9)7(10)8(12)13/h4-7H,2H2,1H3,(H,12,13)/t4?,5?,6?,7-/m0/s1. The molecule has 2 saturated heterocycles. The van der Waals surface area contributed by atoms with Gasteiger partial charge in [0.05, 0.1) is 6.04 Å². The second-order valence-corrected chi connectivity index (χ2v) is 3.62. The Morgan fingerprint density at radius 2 is 2.15 bits per heavy atom. The van der Waals surface area contributed by atoms with Gasteiger partial charge in [-0.1, -0.05) is 0 Å². The van der Waals surface area contributed by atoms with E-state index >= 15 is 0 Å². The molecule has 0 radical (unpaired) electrons. The van der Waals surface area contributed by atoms with Gasteiger partial charge < -0.3 is 10.0 Å². The Kier molecular flexibility index (Phi) is 1.58. The van der Waals surface area contributed by atoms with Crippen molar-refractivity contribution >= 4 is 11.9 Å². The summed E-state index contributed by atoms with van der Waals surface area (Å²) >= 11 is 0. The lowest BCUT2D eigenvalue weighted by molar-refractivity contribution is -0.147. The first kappa shape index (κ1) is 8.47. The summed E-state index contributed by atoms with van der Waals surface area (Å²) < 4.78 is 13.1. The Hall–Kier alpha value is -1.13. The summed E-state index contributed by atoms with van der Waals surface area (Å²) in [6.07, 6.45) is -0.637. The predicted molar refractivity (Wildman–Crippen MR) is 40.7 cm³/mol. The third-order valence-corrected chi connectivity index (χ3v) is 2.97. The lowest BCUT2D eigenvalue weighted by Gasteiger charge is -2.29. The highest BCUT2D eigenvalue weighted by atomic mass is 19.1. The first-order valence-electron chi connectivity index (χ1n) is 4.20. The van der Waals surface area contributed by atoms with Crippen molar-refractivity contribution in [1.82, 2.24) is 4.90 Å². The molecule has 5 heteroatoms. The van der Waals surface area contributed by atoms with Crippen LogP contribution in [0.3, 0.4) is 0 Å². The highest BCUT2D eigenvalue weighted by Crippen LogP contribution is 2.47. The first-order chi connectivity index (χ1) is 6.04. The Morgan fingerprint density at radius 1 is 1.54 bits per heavy atom. The molecule has 2 heterocycles. The average Bonchev–Trinajstić information content (AvgIpc) is 2.54. The second kappa shape index (κ2) is 2.43.